The molecule has 3 atom stereocenters. The molecule has 1 saturated heterocycles. The van der Waals surface area contributed by atoms with Crippen LogP contribution in [-0.2, 0) is 21.4 Å². The molecule has 142 valence electrons. The number of fused-ring (bicyclic) bond motifs is 1. The molecule has 5 heteroatoms. The van der Waals surface area contributed by atoms with Crippen LogP contribution in [0.25, 0.3) is 0 Å². The average Bonchev–Trinajstić information content (AvgIpc) is 3.42. The highest BCUT2D eigenvalue weighted by atomic mass is 35.5. The molecule has 4 aliphatic rings. The third kappa shape index (κ3) is 2.38. The Morgan fingerprint density at radius 2 is 2.12 bits per heavy atom. The van der Waals surface area contributed by atoms with Gasteiger partial charge in [0.15, 0.2) is 0 Å². The van der Waals surface area contributed by atoms with Gasteiger partial charge < -0.3 is 9.84 Å². The van der Waals surface area contributed by atoms with Gasteiger partial charge in [-0.25, -0.2) is 0 Å². The van der Waals surface area contributed by atoms with Gasteiger partial charge in [-0.05, 0) is 67.8 Å². The first-order valence-corrected chi connectivity index (χ1v) is 9.71. The number of hydrogen-bond acceptors (Lipinski definition) is 4. The number of carbonyl (C=O) groups is 1. The van der Waals surface area contributed by atoms with E-state index in [0.717, 1.165) is 31.7 Å². The molecule has 1 aromatic carbocycles. The van der Waals surface area contributed by atoms with E-state index < -0.39 is 0 Å². The SMILES string of the molecule is CO[C@@]12CCC(=O)C[C@@]13CCN(CC1CC1)[C@@H]2Cc1ccc(O)cc13.Cl. The Balaban J connectivity index is 0.00000168. The van der Waals surface area contributed by atoms with Gasteiger partial charge in [-0.3, -0.25) is 9.69 Å². The highest BCUT2D eigenvalue weighted by Crippen LogP contribution is 2.59. The molecular weight excluding hydrogens is 350 g/mol. The van der Waals surface area contributed by atoms with Crippen molar-refractivity contribution in [2.24, 2.45) is 5.92 Å². The molecule has 0 aromatic heterocycles. The Bertz CT molecular complexity index is 734. The van der Waals surface area contributed by atoms with Crippen LogP contribution in [-0.4, -0.2) is 47.6 Å². The summed E-state index contributed by atoms with van der Waals surface area (Å²) in [6.45, 7) is 2.21. The van der Waals surface area contributed by atoms with Gasteiger partial charge in [0, 0.05) is 38.0 Å². The summed E-state index contributed by atoms with van der Waals surface area (Å²) in [5, 5.41) is 10.1. The van der Waals surface area contributed by atoms with Crippen molar-refractivity contribution in [3.05, 3.63) is 29.3 Å². The van der Waals surface area contributed by atoms with Crippen LogP contribution < -0.4 is 0 Å². The van der Waals surface area contributed by atoms with E-state index in [0.29, 0.717) is 30.4 Å². The van der Waals surface area contributed by atoms with Gasteiger partial charge in [0.1, 0.15) is 11.5 Å². The third-order valence-corrected chi connectivity index (χ3v) is 7.47. The first-order valence-electron chi connectivity index (χ1n) is 9.71. The van der Waals surface area contributed by atoms with Gasteiger partial charge in [-0.1, -0.05) is 6.07 Å². The first-order chi connectivity index (χ1) is 12.1. The lowest BCUT2D eigenvalue weighted by atomic mass is 9.49. The fourth-order valence-corrected chi connectivity index (χ4v) is 6.14. The fourth-order valence-electron chi connectivity index (χ4n) is 6.14. The molecule has 4 nitrogen and oxygen atoms in total. The number of hydrogen-bond donors (Lipinski definition) is 1. The Morgan fingerprint density at radius 3 is 2.85 bits per heavy atom. The van der Waals surface area contributed by atoms with Crippen LogP contribution in [0.1, 0.15) is 49.7 Å². The lowest BCUT2D eigenvalue weighted by molar-refractivity contribution is -0.187. The van der Waals surface area contributed by atoms with Gasteiger partial charge >= 0.3 is 0 Å². The topological polar surface area (TPSA) is 49.8 Å². The molecule has 1 N–H and O–H groups in total. The smallest absolute Gasteiger partial charge is 0.134 e. The number of likely N-dealkylation sites (tertiary alicyclic amines) is 1. The van der Waals surface area contributed by atoms with E-state index in [9.17, 15) is 9.90 Å². The van der Waals surface area contributed by atoms with Gasteiger partial charge in [0.2, 0.25) is 0 Å². The maximum Gasteiger partial charge on any atom is 0.134 e. The molecule has 1 heterocycles. The molecule has 3 aliphatic carbocycles. The van der Waals surface area contributed by atoms with Gasteiger partial charge in [0.25, 0.3) is 0 Å². The zero-order chi connectivity index (χ0) is 17.2. The molecule has 5 rings (SSSR count). The zero-order valence-electron chi connectivity index (χ0n) is 15.4. The van der Waals surface area contributed by atoms with Crippen molar-refractivity contribution >= 4 is 18.2 Å². The van der Waals surface area contributed by atoms with E-state index in [2.05, 4.69) is 11.0 Å². The third-order valence-electron chi connectivity index (χ3n) is 7.47. The highest BCUT2D eigenvalue weighted by Gasteiger charge is 2.65. The van der Waals surface area contributed by atoms with Gasteiger partial charge in [-0.15, -0.1) is 12.4 Å². The van der Waals surface area contributed by atoms with Crippen molar-refractivity contribution in [2.45, 2.75) is 62.0 Å². The molecule has 1 aromatic rings. The normalized spacial score (nSPS) is 36.0. The number of carbonyl (C=O) groups excluding carboxylic acids is 1. The van der Waals surface area contributed by atoms with E-state index in [1.165, 1.54) is 30.5 Å². The minimum absolute atomic E-state index is 0. The number of benzene rings is 1. The number of halogens is 1. The first kappa shape index (κ1) is 18.3. The van der Waals surface area contributed by atoms with Crippen LogP contribution in [0.15, 0.2) is 18.2 Å². The van der Waals surface area contributed by atoms with Gasteiger partial charge in [0.05, 0.1) is 5.60 Å². The molecule has 0 unspecified atom stereocenters. The molecule has 0 amide bonds. The summed E-state index contributed by atoms with van der Waals surface area (Å²) in [6.07, 6.45) is 6.62. The Labute approximate surface area is 161 Å². The number of aromatic hydroxyl groups is 1. The Morgan fingerprint density at radius 1 is 1.31 bits per heavy atom. The second-order valence-corrected chi connectivity index (χ2v) is 8.64. The standard InChI is InChI=1S/C21H27NO3.ClH/c1-25-21-7-6-17(24)12-20(21)8-9-22(13-14-2-3-14)19(21)10-15-4-5-16(23)11-18(15)20;/h4-5,11,14,19,23H,2-3,6-10,12-13H2,1H3;1H/t19-,20-,21-;/m1./s1. The van der Waals surface area contributed by atoms with Crippen molar-refractivity contribution in [1.82, 2.24) is 4.90 Å². The summed E-state index contributed by atoms with van der Waals surface area (Å²) in [6, 6.07) is 6.12. The molecule has 2 bridgehead atoms. The number of rotatable bonds is 3. The van der Waals surface area contributed by atoms with E-state index in [-0.39, 0.29) is 23.4 Å². The lowest BCUT2D eigenvalue weighted by Gasteiger charge is -2.65. The molecule has 0 spiro atoms. The van der Waals surface area contributed by atoms with Crippen molar-refractivity contribution in [2.75, 3.05) is 20.2 Å². The van der Waals surface area contributed by atoms with E-state index in [1.807, 2.05) is 13.2 Å². The van der Waals surface area contributed by atoms with E-state index in [4.69, 9.17) is 4.74 Å². The predicted molar refractivity (Wildman–Crippen MR) is 102 cm³/mol. The van der Waals surface area contributed by atoms with Crippen LogP contribution in [0.5, 0.6) is 5.75 Å². The minimum Gasteiger partial charge on any atom is -0.508 e. The van der Waals surface area contributed by atoms with E-state index >= 15 is 0 Å². The van der Waals surface area contributed by atoms with Crippen LogP contribution in [0, 0.1) is 5.92 Å². The maximum absolute atomic E-state index is 12.5. The lowest BCUT2D eigenvalue weighted by Crippen LogP contribution is -2.74. The number of nitrogens with zero attached hydrogens (tertiary/aromatic N) is 1. The summed E-state index contributed by atoms with van der Waals surface area (Å²) in [5.41, 5.74) is 1.90. The second-order valence-electron chi connectivity index (χ2n) is 8.64. The van der Waals surface area contributed by atoms with Gasteiger partial charge in [-0.2, -0.15) is 0 Å². The van der Waals surface area contributed by atoms with Crippen LogP contribution >= 0.6 is 12.4 Å². The fraction of sp³-hybridized carbons (Fsp3) is 0.667. The molecule has 1 aliphatic heterocycles. The van der Waals surface area contributed by atoms with Crippen molar-refractivity contribution in [3.63, 3.8) is 0 Å². The maximum atomic E-state index is 12.5. The summed E-state index contributed by atoms with van der Waals surface area (Å²) < 4.78 is 6.34. The number of methoxy groups -OCH3 is 1. The predicted octanol–water partition coefficient (Wildman–Crippen LogP) is 3.23. The van der Waals surface area contributed by atoms with Crippen LogP contribution in [0.4, 0.5) is 0 Å². The summed E-state index contributed by atoms with van der Waals surface area (Å²) in [5.74, 6) is 1.50. The number of ketones is 1. The Hall–Kier alpha value is -1.10. The summed E-state index contributed by atoms with van der Waals surface area (Å²) >= 11 is 0. The summed E-state index contributed by atoms with van der Waals surface area (Å²) in [4.78, 5) is 15.2. The van der Waals surface area contributed by atoms with Crippen LogP contribution in [0.3, 0.4) is 0 Å². The number of ether oxygens (including phenoxy) is 1. The quantitative estimate of drug-likeness (QED) is 0.878. The number of phenolic OH excluding ortho intramolecular Hbond substituents is 1. The van der Waals surface area contributed by atoms with Crippen molar-refractivity contribution < 1.29 is 14.6 Å². The highest BCUT2D eigenvalue weighted by molar-refractivity contribution is 5.85. The monoisotopic (exact) mass is 377 g/mol. The summed E-state index contributed by atoms with van der Waals surface area (Å²) in [7, 11) is 1.84. The average molecular weight is 378 g/mol. The molecule has 2 saturated carbocycles. The van der Waals surface area contributed by atoms with E-state index in [1.54, 1.807) is 6.07 Å². The largest absolute Gasteiger partial charge is 0.508 e. The van der Waals surface area contributed by atoms with Crippen LogP contribution in [0.2, 0.25) is 0 Å². The number of Topliss-reactive ketones (excluding diaryl/α,β-unsaturated/α-hetero) is 1. The molecule has 0 radical (unpaired) electrons. The zero-order valence-corrected chi connectivity index (χ0v) is 16.2. The molecule has 26 heavy (non-hydrogen) atoms. The Kier molecular flexibility index (Phi) is 4.37. The number of piperidine rings is 1. The number of phenols is 1. The molecular formula is C21H28ClNO3. The second kappa shape index (κ2) is 6.22. The van der Waals surface area contributed by atoms with Crippen molar-refractivity contribution in [1.29, 1.82) is 0 Å². The molecule has 3 fully saturated rings. The minimum atomic E-state index is -0.297. The van der Waals surface area contributed by atoms with Crippen molar-refractivity contribution in [3.8, 4) is 5.75 Å².